The van der Waals surface area contributed by atoms with Gasteiger partial charge in [0.1, 0.15) is 6.10 Å². The lowest BCUT2D eigenvalue weighted by Crippen LogP contribution is -2.54. The van der Waals surface area contributed by atoms with E-state index in [4.69, 9.17) is 16.3 Å². The number of hydrogen-bond donors (Lipinski definition) is 2. The lowest BCUT2D eigenvalue weighted by Gasteiger charge is -2.39. The number of benzene rings is 2. The first-order valence-corrected chi connectivity index (χ1v) is 10.6. The van der Waals surface area contributed by atoms with Crippen LogP contribution in [-0.4, -0.2) is 24.0 Å². The van der Waals surface area contributed by atoms with Gasteiger partial charge < -0.3 is 15.4 Å². The zero-order valence-corrected chi connectivity index (χ0v) is 17.6. The second-order valence-electron chi connectivity index (χ2n) is 7.98. The van der Waals surface area contributed by atoms with Gasteiger partial charge in [-0.1, -0.05) is 59.6 Å². The molecule has 0 aromatic heterocycles. The first kappa shape index (κ1) is 20.5. The average Bonchev–Trinajstić information content (AvgIpc) is 2.75. The van der Waals surface area contributed by atoms with Crippen molar-refractivity contribution in [1.82, 2.24) is 10.6 Å². The number of nitrogens with one attached hydrogen (secondary N) is 2. The van der Waals surface area contributed by atoms with Crippen molar-refractivity contribution in [3.63, 3.8) is 0 Å². The molecular formula is C24H25ClN2O3. The van der Waals surface area contributed by atoms with E-state index in [1.807, 2.05) is 49.4 Å². The molecular weight excluding hydrogens is 400 g/mol. The predicted molar refractivity (Wildman–Crippen MR) is 117 cm³/mol. The molecule has 1 aliphatic carbocycles. The highest BCUT2D eigenvalue weighted by atomic mass is 35.5. The molecule has 2 aromatic rings. The smallest absolute Gasteiger partial charge is 0.286 e. The number of aryl methyl sites for hydroxylation is 1. The minimum absolute atomic E-state index is 0.0284. The van der Waals surface area contributed by atoms with Gasteiger partial charge in [0.05, 0.1) is 6.04 Å². The van der Waals surface area contributed by atoms with Crippen molar-refractivity contribution >= 4 is 29.5 Å². The summed E-state index contributed by atoms with van der Waals surface area (Å²) >= 11 is 6.19. The van der Waals surface area contributed by atoms with Crippen molar-refractivity contribution in [3.05, 3.63) is 76.0 Å². The molecule has 5 nitrogen and oxygen atoms in total. The summed E-state index contributed by atoms with van der Waals surface area (Å²) in [6.07, 6.45) is 3.57. The lowest BCUT2D eigenvalue weighted by molar-refractivity contribution is -0.134. The second kappa shape index (κ2) is 8.92. The number of fused-ring (bicyclic) bond motifs is 1. The van der Waals surface area contributed by atoms with Gasteiger partial charge in [0.15, 0.2) is 5.76 Å². The molecule has 6 heteroatoms. The van der Waals surface area contributed by atoms with Gasteiger partial charge >= 0.3 is 0 Å². The zero-order chi connectivity index (χ0) is 21.1. The molecule has 1 aliphatic heterocycles. The molecule has 0 bridgehead atoms. The quantitative estimate of drug-likeness (QED) is 0.729. The number of morpholine rings is 1. The number of carbonyl (C=O) groups excluding carboxylic acids is 2. The van der Waals surface area contributed by atoms with E-state index in [0.29, 0.717) is 24.4 Å². The Kier molecular flexibility index (Phi) is 6.09. The summed E-state index contributed by atoms with van der Waals surface area (Å²) in [5.41, 5.74) is 3.01. The number of carbonyl (C=O) groups is 2. The number of halogens is 1. The highest BCUT2D eigenvalue weighted by molar-refractivity contribution is 6.32. The highest BCUT2D eigenvalue weighted by Gasteiger charge is 2.40. The normalized spacial score (nSPS) is 24.5. The highest BCUT2D eigenvalue weighted by Crippen LogP contribution is 2.32. The van der Waals surface area contributed by atoms with Crippen LogP contribution in [0, 0.1) is 12.8 Å². The van der Waals surface area contributed by atoms with Crippen LogP contribution in [0.4, 0.5) is 0 Å². The summed E-state index contributed by atoms with van der Waals surface area (Å²) in [4.78, 5) is 25.2. The van der Waals surface area contributed by atoms with Crippen LogP contribution in [0.2, 0.25) is 5.02 Å². The van der Waals surface area contributed by atoms with Gasteiger partial charge in [0.25, 0.3) is 5.91 Å². The van der Waals surface area contributed by atoms with Gasteiger partial charge in [0.2, 0.25) is 5.91 Å². The number of amides is 2. The summed E-state index contributed by atoms with van der Waals surface area (Å²) in [6, 6.07) is 15.3. The van der Waals surface area contributed by atoms with Crippen molar-refractivity contribution in [1.29, 1.82) is 0 Å². The van der Waals surface area contributed by atoms with Crippen LogP contribution in [0.3, 0.4) is 0 Å². The molecule has 3 unspecified atom stereocenters. The van der Waals surface area contributed by atoms with Crippen molar-refractivity contribution in [2.24, 2.45) is 5.92 Å². The van der Waals surface area contributed by atoms with Crippen LogP contribution in [0.1, 0.15) is 36.0 Å². The van der Waals surface area contributed by atoms with Crippen LogP contribution in [0.5, 0.6) is 0 Å². The zero-order valence-electron chi connectivity index (χ0n) is 16.9. The van der Waals surface area contributed by atoms with Crippen molar-refractivity contribution in [2.75, 3.05) is 0 Å². The van der Waals surface area contributed by atoms with Crippen molar-refractivity contribution < 1.29 is 14.3 Å². The van der Waals surface area contributed by atoms with Gasteiger partial charge in [-0.05, 0) is 49.5 Å². The molecule has 2 fully saturated rings. The van der Waals surface area contributed by atoms with Gasteiger partial charge in [-0.25, -0.2) is 0 Å². The molecule has 0 radical (unpaired) electrons. The summed E-state index contributed by atoms with van der Waals surface area (Å²) in [5, 5.41) is 6.61. The summed E-state index contributed by atoms with van der Waals surface area (Å²) in [5.74, 6) is -0.0983. The third-order valence-corrected chi connectivity index (χ3v) is 6.10. The van der Waals surface area contributed by atoms with E-state index >= 15 is 0 Å². The Morgan fingerprint density at radius 3 is 2.73 bits per heavy atom. The Bertz CT molecular complexity index is 971. The van der Waals surface area contributed by atoms with Crippen LogP contribution in [0.15, 0.2) is 54.3 Å². The molecule has 2 aliphatic rings. The molecule has 2 amide bonds. The molecule has 4 rings (SSSR count). The van der Waals surface area contributed by atoms with Crippen LogP contribution in [-0.2, 0) is 20.9 Å². The SMILES string of the molecule is Cc1ccc(CNC(=O)C2CCC3O/C(=C/c4ccccc4Cl)C(=O)NC3C2)cc1. The van der Waals surface area contributed by atoms with E-state index in [9.17, 15) is 9.59 Å². The Labute approximate surface area is 181 Å². The van der Waals surface area contributed by atoms with Gasteiger partial charge in [-0.3, -0.25) is 9.59 Å². The van der Waals surface area contributed by atoms with Crippen molar-refractivity contribution in [2.45, 2.75) is 44.9 Å². The minimum atomic E-state index is -0.267. The third-order valence-electron chi connectivity index (χ3n) is 5.76. The van der Waals surface area contributed by atoms with Crippen LogP contribution < -0.4 is 10.6 Å². The van der Waals surface area contributed by atoms with E-state index in [1.54, 1.807) is 12.1 Å². The van der Waals surface area contributed by atoms with Crippen LogP contribution >= 0.6 is 11.6 Å². The largest absolute Gasteiger partial charge is 0.483 e. The van der Waals surface area contributed by atoms with E-state index < -0.39 is 0 Å². The summed E-state index contributed by atoms with van der Waals surface area (Å²) < 4.78 is 5.99. The fourth-order valence-corrected chi connectivity index (χ4v) is 4.19. The maximum Gasteiger partial charge on any atom is 0.286 e. The van der Waals surface area contributed by atoms with E-state index in [0.717, 1.165) is 17.5 Å². The Morgan fingerprint density at radius 1 is 1.20 bits per heavy atom. The average molecular weight is 425 g/mol. The standard InChI is InChI=1S/C24H25ClN2O3/c1-15-6-8-16(9-7-15)14-26-23(28)18-10-11-21-20(12-18)27-24(29)22(30-21)13-17-4-2-3-5-19(17)25/h2-9,13,18,20-21H,10-12,14H2,1H3,(H,26,28)(H,27,29)/b22-13+. The Balaban J connectivity index is 1.35. The van der Waals surface area contributed by atoms with E-state index in [2.05, 4.69) is 10.6 Å². The first-order chi connectivity index (χ1) is 14.5. The second-order valence-corrected chi connectivity index (χ2v) is 8.39. The molecule has 156 valence electrons. The topological polar surface area (TPSA) is 67.4 Å². The molecule has 1 saturated carbocycles. The summed E-state index contributed by atoms with van der Waals surface area (Å²) in [7, 11) is 0. The van der Waals surface area contributed by atoms with Gasteiger partial charge in [-0.2, -0.15) is 0 Å². The molecule has 3 atom stereocenters. The minimum Gasteiger partial charge on any atom is -0.483 e. The number of rotatable bonds is 4. The molecule has 1 heterocycles. The lowest BCUT2D eigenvalue weighted by atomic mass is 9.82. The number of ether oxygens (including phenoxy) is 1. The van der Waals surface area contributed by atoms with E-state index in [-0.39, 0.29) is 35.6 Å². The Morgan fingerprint density at radius 2 is 1.97 bits per heavy atom. The fourth-order valence-electron chi connectivity index (χ4n) is 4.00. The maximum atomic E-state index is 12.6. The van der Waals surface area contributed by atoms with Gasteiger partial charge in [0, 0.05) is 17.5 Å². The molecule has 1 saturated heterocycles. The number of hydrogen-bond acceptors (Lipinski definition) is 3. The Hall–Kier alpha value is -2.79. The summed E-state index contributed by atoms with van der Waals surface area (Å²) in [6.45, 7) is 2.55. The predicted octanol–water partition coefficient (Wildman–Crippen LogP) is 3.99. The molecule has 0 spiro atoms. The van der Waals surface area contributed by atoms with E-state index in [1.165, 1.54) is 5.56 Å². The van der Waals surface area contributed by atoms with Gasteiger partial charge in [-0.15, -0.1) is 0 Å². The first-order valence-electron chi connectivity index (χ1n) is 10.3. The fraction of sp³-hybridized carbons (Fsp3) is 0.333. The monoisotopic (exact) mass is 424 g/mol. The molecule has 2 aromatic carbocycles. The molecule has 30 heavy (non-hydrogen) atoms. The maximum absolute atomic E-state index is 12.6. The van der Waals surface area contributed by atoms with Crippen LogP contribution in [0.25, 0.3) is 6.08 Å². The third kappa shape index (κ3) is 4.68. The molecule has 2 N–H and O–H groups in total. The van der Waals surface area contributed by atoms with Crippen molar-refractivity contribution in [3.8, 4) is 0 Å².